The van der Waals surface area contributed by atoms with E-state index in [0.29, 0.717) is 38.5 Å². The molecular formula is C54H66O12. The zero-order valence-corrected chi connectivity index (χ0v) is 40.6. The first-order valence-electron chi connectivity index (χ1n) is 23.3. The van der Waals surface area contributed by atoms with Crippen molar-refractivity contribution in [3.05, 3.63) is 102 Å². The number of rotatable bonds is 12. The molecule has 0 aliphatic carbocycles. The van der Waals surface area contributed by atoms with Crippen molar-refractivity contribution in [3.63, 3.8) is 0 Å². The lowest BCUT2D eigenvalue weighted by Gasteiger charge is -2.34. The van der Waals surface area contributed by atoms with E-state index in [9.17, 15) is 29.7 Å². The molecule has 66 heavy (non-hydrogen) atoms. The van der Waals surface area contributed by atoms with Crippen molar-refractivity contribution in [2.75, 3.05) is 19.8 Å². The number of hydrogen-bond donors (Lipinski definition) is 3. The maximum absolute atomic E-state index is 14.0. The van der Waals surface area contributed by atoms with Crippen molar-refractivity contribution in [1.82, 2.24) is 0 Å². The van der Waals surface area contributed by atoms with Gasteiger partial charge in [0.05, 0.1) is 54.8 Å². The van der Waals surface area contributed by atoms with E-state index in [1.54, 1.807) is 0 Å². The van der Waals surface area contributed by atoms with Crippen molar-refractivity contribution < 1.29 is 58.1 Å². The summed E-state index contributed by atoms with van der Waals surface area (Å²) in [6.45, 7) is 23.2. The lowest BCUT2D eigenvalue weighted by atomic mass is 9.84. The number of fused-ring (bicyclic) bond motifs is 3. The molecule has 6 atom stereocenters. The molecule has 0 aromatic heterocycles. The molecule has 3 aliphatic rings. The molecule has 3 heterocycles. The fourth-order valence-electron chi connectivity index (χ4n) is 10.0. The summed E-state index contributed by atoms with van der Waals surface area (Å²) in [7, 11) is 0. The van der Waals surface area contributed by atoms with E-state index < -0.39 is 17.9 Å². The van der Waals surface area contributed by atoms with Crippen LogP contribution >= 0.6 is 0 Å². The summed E-state index contributed by atoms with van der Waals surface area (Å²) in [5.74, 6) is 0.968. The Kier molecular flexibility index (Phi) is 13.9. The molecule has 0 bridgehead atoms. The SMILES string of the molecule is Cc1c(C)c2c(c(C)c1O)CC(CCOC(=O)c1ccc(C(=O)OCCC3Cc4c(C)c(O)c(C)c(C)c4OC3C)c(C(=O)OCCC3Cc4c(C)c(O)c(C)c(C)c4OC3C)c1)C(C)O2. The van der Waals surface area contributed by atoms with Crippen LogP contribution in [0.3, 0.4) is 0 Å². The molecule has 0 amide bonds. The van der Waals surface area contributed by atoms with Crippen LogP contribution in [0.4, 0.5) is 0 Å². The van der Waals surface area contributed by atoms with E-state index in [-0.39, 0.29) is 89.8 Å². The number of carbonyl (C=O) groups excluding carboxylic acids is 3. The monoisotopic (exact) mass is 906 g/mol. The Morgan fingerprint density at radius 2 is 0.788 bits per heavy atom. The fraction of sp³-hybridized carbons (Fsp3) is 0.500. The van der Waals surface area contributed by atoms with E-state index in [1.165, 1.54) is 18.2 Å². The standard InChI is InChI=1S/C54H66O12/c1-25-28(4)49-42(31(7)46(25)55)21-37(34(10)64-49)15-18-61-52(58)40-13-14-41(53(59)62-19-16-38-22-43-32(8)47(56)26(2)29(5)50(43)65-35(38)11)45(24-40)54(60)63-20-17-39-23-44-33(9)48(57)27(3)30(6)51(44)66-36(39)12/h13-14,24,34-39,55-57H,15-23H2,1-12H3. The number of esters is 3. The summed E-state index contributed by atoms with van der Waals surface area (Å²) >= 11 is 0. The van der Waals surface area contributed by atoms with Gasteiger partial charge in [0.15, 0.2) is 0 Å². The minimum atomic E-state index is -0.787. The van der Waals surface area contributed by atoms with Crippen molar-refractivity contribution in [3.8, 4) is 34.5 Å². The van der Waals surface area contributed by atoms with Crippen molar-refractivity contribution in [1.29, 1.82) is 0 Å². The van der Waals surface area contributed by atoms with E-state index >= 15 is 0 Å². The average molecular weight is 907 g/mol. The molecule has 4 aromatic carbocycles. The highest BCUT2D eigenvalue weighted by atomic mass is 16.5. The Bertz CT molecular complexity index is 2590. The van der Waals surface area contributed by atoms with Crippen molar-refractivity contribution in [2.24, 2.45) is 17.8 Å². The van der Waals surface area contributed by atoms with Crippen LogP contribution in [-0.2, 0) is 33.5 Å². The Morgan fingerprint density at radius 1 is 0.470 bits per heavy atom. The highest BCUT2D eigenvalue weighted by molar-refractivity contribution is 6.05. The average Bonchev–Trinajstić information content (AvgIpc) is 3.30. The van der Waals surface area contributed by atoms with Crippen LogP contribution in [0.2, 0.25) is 0 Å². The van der Waals surface area contributed by atoms with Gasteiger partial charge in [-0.05, 0) is 190 Å². The van der Waals surface area contributed by atoms with E-state index in [4.69, 9.17) is 28.4 Å². The smallest absolute Gasteiger partial charge is 0.339 e. The molecule has 0 radical (unpaired) electrons. The molecule has 3 N–H and O–H groups in total. The number of carbonyl (C=O) groups is 3. The van der Waals surface area contributed by atoms with Gasteiger partial charge in [-0.3, -0.25) is 0 Å². The normalized spacial score (nSPS) is 20.7. The summed E-state index contributed by atoms with van der Waals surface area (Å²) in [4.78, 5) is 41.4. The maximum atomic E-state index is 14.0. The second-order valence-electron chi connectivity index (χ2n) is 19.0. The van der Waals surface area contributed by atoms with E-state index in [1.807, 2.05) is 83.1 Å². The molecule has 0 spiro atoms. The molecular weight excluding hydrogens is 841 g/mol. The van der Waals surface area contributed by atoms with Gasteiger partial charge >= 0.3 is 17.9 Å². The Balaban J connectivity index is 1.04. The molecule has 4 aromatic rings. The van der Waals surface area contributed by atoms with Gasteiger partial charge in [-0.25, -0.2) is 14.4 Å². The maximum Gasteiger partial charge on any atom is 0.339 e. The predicted octanol–water partition coefficient (Wildman–Crippen LogP) is 10.1. The fourth-order valence-corrected chi connectivity index (χ4v) is 10.0. The first-order chi connectivity index (χ1) is 31.2. The summed E-state index contributed by atoms with van der Waals surface area (Å²) in [5, 5.41) is 32.2. The van der Waals surface area contributed by atoms with Crippen LogP contribution in [0, 0.1) is 80.1 Å². The number of benzene rings is 4. The highest BCUT2D eigenvalue weighted by Crippen LogP contribution is 2.45. The molecule has 12 heteroatoms. The molecule has 12 nitrogen and oxygen atoms in total. The van der Waals surface area contributed by atoms with E-state index in [0.717, 1.165) is 84.0 Å². The quantitative estimate of drug-likeness (QED) is 0.0911. The van der Waals surface area contributed by atoms with Crippen LogP contribution in [0.25, 0.3) is 0 Å². The first kappa shape index (κ1) is 48.0. The van der Waals surface area contributed by atoms with Crippen LogP contribution in [0.15, 0.2) is 18.2 Å². The minimum Gasteiger partial charge on any atom is -0.507 e. The van der Waals surface area contributed by atoms with Crippen molar-refractivity contribution in [2.45, 2.75) is 140 Å². The summed E-state index contributed by atoms with van der Waals surface area (Å²) in [6, 6.07) is 4.17. The van der Waals surface area contributed by atoms with Gasteiger partial charge in [-0.15, -0.1) is 0 Å². The van der Waals surface area contributed by atoms with Gasteiger partial charge in [0.25, 0.3) is 0 Å². The zero-order chi connectivity index (χ0) is 48.0. The third-order valence-electron chi connectivity index (χ3n) is 15.2. The van der Waals surface area contributed by atoms with Crippen LogP contribution in [0.1, 0.15) is 138 Å². The summed E-state index contributed by atoms with van der Waals surface area (Å²) < 4.78 is 36.5. The lowest BCUT2D eigenvalue weighted by molar-refractivity contribution is 0.0379. The van der Waals surface area contributed by atoms with Crippen LogP contribution in [-0.4, -0.2) is 71.4 Å². The first-order valence-corrected chi connectivity index (χ1v) is 23.3. The number of phenolic OH excluding ortho intramolecular Hbond substituents is 3. The molecule has 0 saturated heterocycles. The third-order valence-corrected chi connectivity index (χ3v) is 15.2. The zero-order valence-electron chi connectivity index (χ0n) is 40.6. The number of phenols is 3. The van der Waals surface area contributed by atoms with E-state index in [2.05, 4.69) is 0 Å². The van der Waals surface area contributed by atoms with Crippen LogP contribution in [0.5, 0.6) is 34.5 Å². The number of hydrogen-bond acceptors (Lipinski definition) is 12. The molecule has 354 valence electrons. The minimum absolute atomic E-state index is 0.00621. The Labute approximate surface area is 388 Å². The number of aromatic hydroxyl groups is 3. The second kappa shape index (κ2) is 19.1. The predicted molar refractivity (Wildman–Crippen MR) is 250 cm³/mol. The largest absolute Gasteiger partial charge is 0.507 e. The molecule has 6 unspecified atom stereocenters. The Morgan fingerprint density at radius 3 is 1.14 bits per heavy atom. The molecule has 7 rings (SSSR count). The van der Waals surface area contributed by atoms with Crippen molar-refractivity contribution >= 4 is 17.9 Å². The van der Waals surface area contributed by atoms with Gasteiger partial charge in [0.1, 0.15) is 34.5 Å². The van der Waals surface area contributed by atoms with Gasteiger partial charge in [-0.2, -0.15) is 0 Å². The second-order valence-corrected chi connectivity index (χ2v) is 19.0. The van der Waals surface area contributed by atoms with Gasteiger partial charge < -0.3 is 43.7 Å². The van der Waals surface area contributed by atoms with Gasteiger partial charge in [-0.1, -0.05) is 0 Å². The summed E-state index contributed by atoms with van der Waals surface area (Å²) in [6.07, 6.45) is 2.85. The third kappa shape index (κ3) is 8.99. The topological polar surface area (TPSA) is 167 Å². The van der Waals surface area contributed by atoms with Gasteiger partial charge in [0.2, 0.25) is 0 Å². The number of ether oxygens (including phenoxy) is 6. The van der Waals surface area contributed by atoms with Gasteiger partial charge in [0, 0.05) is 34.4 Å². The molecule has 0 fully saturated rings. The molecule has 3 aliphatic heterocycles. The Hall–Kier alpha value is -5.91. The summed E-state index contributed by atoms with van der Waals surface area (Å²) in [5.41, 5.74) is 10.2. The lowest BCUT2D eigenvalue weighted by Crippen LogP contribution is -2.32. The van der Waals surface area contributed by atoms with Crippen LogP contribution < -0.4 is 14.2 Å². The highest BCUT2D eigenvalue weighted by Gasteiger charge is 2.35. The molecule has 0 saturated carbocycles.